The molecule has 1 amide bonds. The van der Waals surface area contributed by atoms with Gasteiger partial charge in [0.2, 0.25) is 0 Å². The fourth-order valence-corrected chi connectivity index (χ4v) is 4.89. The number of aromatic nitrogens is 4. The summed E-state index contributed by atoms with van der Waals surface area (Å²) in [5, 5.41) is 13.5. The average Bonchev–Trinajstić information content (AvgIpc) is 3.00. The fourth-order valence-electron chi connectivity index (χ4n) is 4.89. The summed E-state index contributed by atoms with van der Waals surface area (Å²) in [6, 6.07) is 13.5. The minimum Gasteiger partial charge on any atom is -0.378 e. The van der Waals surface area contributed by atoms with Gasteiger partial charge in [-0.15, -0.1) is 0 Å². The minimum absolute atomic E-state index is 0.233. The topological polar surface area (TPSA) is 126 Å². The largest absolute Gasteiger partial charge is 0.378 e. The normalized spacial score (nSPS) is 18.8. The zero-order valence-electron chi connectivity index (χ0n) is 21.6. The lowest BCUT2D eigenvalue weighted by molar-refractivity contribution is 0.0757. The highest BCUT2D eigenvalue weighted by atomic mass is 16.5. The molecule has 0 aliphatic carbocycles. The molecule has 39 heavy (non-hydrogen) atoms. The third kappa shape index (κ3) is 5.02. The predicted molar refractivity (Wildman–Crippen MR) is 144 cm³/mol. The van der Waals surface area contributed by atoms with Gasteiger partial charge < -0.3 is 19.7 Å². The zero-order chi connectivity index (χ0) is 26.8. The van der Waals surface area contributed by atoms with Gasteiger partial charge in [0, 0.05) is 30.2 Å². The summed E-state index contributed by atoms with van der Waals surface area (Å²) in [4.78, 5) is 33.6. The van der Waals surface area contributed by atoms with Gasteiger partial charge in [-0.25, -0.2) is 9.97 Å². The molecule has 2 aliphatic heterocycles. The van der Waals surface area contributed by atoms with Gasteiger partial charge in [0.05, 0.1) is 68.3 Å². The molecule has 2 aliphatic rings. The molecule has 0 bridgehead atoms. The number of nitrogens with one attached hydrogen (secondary N) is 1. The fraction of sp³-hybridized carbons (Fsp3) is 0.310. The Kier molecular flexibility index (Phi) is 6.60. The van der Waals surface area contributed by atoms with Crippen LogP contribution >= 0.6 is 0 Å². The molecule has 1 atom stereocenters. The molecule has 0 spiro atoms. The maximum atomic E-state index is 13.0. The SMILES string of the molecule is C[C@@]1(C#N)COCc2ccc(C(=O)NCc3cc4nc(-c5cncc(N6CCOCC6)n5)ccc4cn3)cc21. The van der Waals surface area contributed by atoms with Gasteiger partial charge in [0.1, 0.15) is 16.9 Å². The van der Waals surface area contributed by atoms with E-state index >= 15 is 0 Å². The van der Waals surface area contributed by atoms with Crippen LogP contribution in [0.5, 0.6) is 0 Å². The lowest BCUT2D eigenvalue weighted by Crippen LogP contribution is -2.36. The van der Waals surface area contributed by atoms with Crippen LogP contribution in [0.2, 0.25) is 0 Å². The van der Waals surface area contributed by atoms with E-state index in [4.69, 9.17) is 19.4 Å². The van der Waals surface area contributed by atoms with Crippen molar-refractivity contribution in [3.05, 3.63) is 77.4 Å². The van der Waals surface area contributed by atoms with Crippen molar-refractivity contribution in [3.8, 4) is 17.5 Å². The highest BCUT2D eigenvalue weighted by Crippen LogP contribution is 2.32. The number of rotatable bonds is 5. The number of fused-ring (bicyclic) bond motifs is 2. The number of amides is 1. The first-order valence-corrected chi connectivity index (χ1v) is 12.8. The molecule has 4 aromatic rings. The Balaban J connectivity index is 1.19. The Morgan fingerprint density at radius 2 is 1.95 bits per heavy atom. The number of nitriles is 1. The number of morpholine rings is 1. The van der Waals surface area contributed by atoms with Crippen molar-refractivity contribution in [2.75, 3.05) is 37.8 Å². The Bertz CT molecular complexity index is 1600. The summed E-state index contributed by atoms with van der Waals surface area (Å²) in [7, 11) is 0. The first-order chi connectivity index (χ1) is 19.0. The van der Waals surface area contributed by atoms with Gasteiger partial charge in [0.25, 0.3) is 5.91 Å². The first-order valence-electron chi connectivity index (χ1n) is 12.8. The smallest absolute Gasteiger partial charge is 0.251 e. The van der Waals surface area contributed by atoms with E-state index in [1.54, 1.807) is 30.7 Å². The van der Waals surface area contributed by atoms with Gasteiger partial charge in [-0.05, 0) is 48.4 Å². The third-order valence-corrected chi connectivity index (χ3v) is 7.14. The number of ether oxygens (including phenoxy) is 2. The van der Waals surface area contributed by atoms with E-state index in [9.17, 15) is 10.1 Å². The molecule has 10 nitrogen and oxygen atoms in total. The quantitative estimate of drug-likeness (QED) is 0.421. The zero-order valence-corrected chi connectivity index (χ0v) is 21.6. The number of carbonyl (C=O) groups is 1. The van der Waals surface area contributed by atoms with Crippen LogP contribution in [0.25, 0.3) is 22.3 Å². The monoisotopic (exact) mass is 521 g/mol. The van der Waals surface area contributed by atoms with Crippen LogP contribution in [0.3, 0.4) is 0 Å². The van der Waals surface area contributed by atoms with E-state index in [1.807, 2.05) is 31.2 Å². The van der Waals surface area contributed by atoms with Gasteiger partial charge >= 0.3 is 0 Å². The second kappa shape index (κ2) is 10.4. The molecule has 6 rings (SSSR count). The number of benzene rings is 1. The summed E-state index contributed by atoms with van der Waals surface area (Å²) in [6.45, 7) is 5.72. The molecule has 196 valence electrons. The van der Waals surface area contributed by atoms with Crippen molar-refractivity contribution < 1.29 is 14.3 Å². The molecule has 1 fully saturated rings. The number of pyridine rings is 2. The number of hydrogen-bond donors (Lipinski definition) is 1. The maximum absolute atomic E-state index is 13.0. The Morgan fingerprint density at radius 1 is 1.08 bits per heavy atom. The summed E-state index contributed by atoms with van der Waals surface area (Å²) in [6.07, 6.45) is 5.22. The van der Waals surface area contributed by atoms with Crippen molar-refractivity contribution in [2.45, 2.75) is 25.5 Å². The van der Waals surface area contributed by atoms with E-state index in [-0.39, 0.29) is 12.5 Å². The molecular weight excluding hydrogens is 494 g/mol. The van der Waals surface area contributed by atoms with Crippen LogP contribution in [-0.2, 0) is 28.0 Å². The van der Waals surface area contributed by atoms with Crippen molar-refractivity contribution in [3.63, 3.8) is 0 Å². The third-order valence-electron chi connectivity index (χ3n) is 7.14. The lowest BCUT2D eigenvalue weighted by Gasteiger charge is -2.30. The van der Waals surface area contributed by atoms with Crippen molar-refractivity contribution in [1.82, 2.24) is 25.3 Å². The van der Waals surface area contributed by atoms with Crippen molar-refractivity contribution in [1.29, 1.82) is 5.26 Å². The Labute approximate surface area is 225 Å². The Morgan fingerprint density at radius 3 is 2.79 bits per heavy atom. The second-order valence-electron chi connectivity index (χ2n) is 9.92. The highest BCUT2D eigenvalue weighted by Gasteiger charge is 2.33. The molecule has 5 heterocycles. The maximum Gasteiger partial charge on any atom is 0.251 e. The molecular formula is C29H27N7O3. The first kappa shape index (κ1) is 24.9. The summed E-state index contributed by atoms with van der Waals surface area (Å²) < 4.78 is 11.0. The molecule has 0 unspecified atom stereocenters. The number of nitrogens with zero attached hydrogens (tertiary/aromatic N) is 6. The van der Waals surface area contributed by atoms with E-state index in [2.05, 4.69) is 26.3 Å². The molecule has 1 saturated heterocycles. The van der Waals surface area contributed by atoms with Crippen LogP contribution < -0.4 is 10.2 Å². The van der Waals surface area contributed by atoms with Gasteiger partial charge in [-0.1, -0.05) is 6.07 Å². The molecule has 0 saturated carbocycles. The average molecular weight is 522 g/mol. The van der Waals surface area contributed by atoms with Crippen LogP contribution in [0.4, 0.5) is 5.82 Å². The summed E-state index contributed by atoms with van der Waals surface area (Å²) in [5.74, 6) is 0.573. The van der Waals surface area contributed by atoms with Gasteiger partial charge in [-0.2, -0.15) is 5.26 Å². The number of carbonyl (C=O) groups excluding carboxylic acids is 1. The van der Waals surface area contributed by atoms with Crippen LogP contribution in [-0.4, -0.2) is 58.8 Å². The number of anilines is 1. The van der Waals surface area contributed by atoms with Gasteiger partial charge in [-0.3, -0.25) is 14.8 Å². The van der Waals surface area contributed by atoms with E-state index in [0.29, 0.717) is 49.1 Å². The number of hydrogen-bond acceptors (Lipinski definition) is 9. The molecule has 1 aromatic carbocycles. The summed E-state index contributed by atoms with van der Waals surface area (Å²) >= 11 is 0. The molecule has 0 radical (unpaired) electrons. The lowest BCUT2D eigenvalue weighted by atomic mass is 9.79. The molecule has 3 aromatic heterocycles. The standard InChI is InChI=1S/C29H27N7O3/c1-29(17-30)18-39-16-21-3-2-19(10-23(21)29)28(37)33-13-22-11-25-20(12-32-22)4-5-24(34-25)26-14-31-15-27(35-26)36-6-8-38-9-7-36/h2-5,10-12,14-15H,6-9,13,16,18H2,1H3,(H,33,37)/t29-/m1/s1. The van der Waals surface area contributed by atoms with Gasteiger partial charge in [0.15, 0.2) is 0 Å². The van der Waals surface area contributed by atoms with E-state index in [1.165, 1.54) is 0 Å². The van der Waals surface area contributed by atoms with Crippen LogP contribution in [0.1, 0.15) is 34.1 Å². The molecule has 10 heteroatoms. The Hall–Kier alpha value is -4.46. The van der Waals surface area contributed by atoms with E-state index < -0.39 is 5.41 Å². The minimum atomic E-state index is -0.779. The van der Waals surface area contributed by atoms with Crippen LogP contribution in [0, 0.1) is 11.3 Å². The van der Waals surface area contributed by atoms with Crippen molar-refractivity contribution in [2.24, 2.45) is 0 Å². The van der Waals surface area contributed by atoms with Crippen molar-refractivity contribution >= 4 is 22.6 Å². The highest BCUT2D eigenvalue weighted by molar-refractivity contribution is 5.94. The predicted octanol–water partition coefficient (Wildman–Crippen LogP) is 3.16. The van der Waals surface area contributed by atoms with Crippen LogP contribution in [0.15, 0.2) is 55.0 Å². The molecule has 1 N–H and O–H groups in total. The second-order valence-corrected chi connectivity index (χ2v) is 9.92. The summed E-state index contributed by atoms with van der Waals surface area (Å²) in [5.41, 5.74) is 4.33. The van der Waals surface area contributed by atoms with E-state index in [0.717, 1.165) is 40.9 Å².